The second-order valence-corrected chi connectivity index (χ2v) is 11.5. The fourth-order valence-corrected chi connectivity index (χ4v) is 5.35. The molecule has 3 heterocycles. The van der Waals surface area contributed by atoms with E-state index < -0.39 is 5.41 Å². The minimum absolute atomic E-state index is 0.0751. The van der Waals surface area contributed by atoms with Crippen LogP contribution in [0.5, 0.6) is 0 Å². The predicted molar refractivity (Wildman–Crippen MR) is 130 cm³/mol. The Morgan fingerprint density at radius 2 is 1.85 bits per heavy atom. The first-order valence-corrected chi connectivity index (χ1v) is 12.4. The van der Waals surface area contributed by atoms with Crippen LogP contribution in [0, 0.1) is 17.2 Å². The summed E-state index contributed by atoms with van der Waals surface area (Å²) < 4.78 is 13.4. The fraction of sp³-hybridized carbons (Fsp3) is 0.593. The van der Waals surface area contributed by atoms with Crippen LogP contribution in [0.2, 0.25) is 0 Å². The molecule has 0 bridgehead atoms. The molecule has 6 nitrogen and oxygen atoms in total. The Kier molecular flexibility index (Phi) is 6.58. The maximum absolute atomic E-state index is 13.7. The molecule has 1 unspecified atom stereocenters. The number of carbonyl (C=O) groups is 2. The number of nitrogens with zero attached hydrogens (tertiary/aromatic N) is 3. The lowest BCUT2D eigenvalue weighted by atomic mass is 9.75. The second kappa shape index (κ2) is 9.16. The van der Waals surface area contributed by atoms with Crippen LogP contribution in [0.15, 0.2) is 30.3 Å². The first-order chi connectivity index (χ1) is 16.0. The van der Waals surface area contributed by atoms with Gasteiger partial charge < -0.3 is 9.80 Å². The maximum atomic E-state index is 13.7. The summed E-state index contributed by atoms with van der Waals surface area (Å²) in [6.45, 7) is 12.3. The molecule has 7 heteroatoms. The number of amides is 2. The standard InChI is InChI=1S/C27H37FN4O2/c1-18(2)17-32-21(14-19-6-8-20(28)9-7-19)16-27(25(32)34)10-12-31(13-11-27)24(33)22-15-23(30-29-22)26(3,4)5/h6-9,15,18,21H,10-14,16-17H2,1-5H3,(H,29,30). The third-order valence-electron chi connectivity index (χ3n) is 7.34. The van der Waals surface area contributed by atoms with Crippen LogP contribution >= 0.6 is 0 Å². The molecule has 34 heavy (non-hydrogen) atoms. The van der Waals surface area contributed by atoms with Gasteiger partial charge in [0.2, 0.25) is 5.91 Å². The number of hydrogen-bond acceptors (Lipinski definition) is 3. The molecule has 1 aromatic carbocycles. The van der Waals surface area contributed by atoms with Crippen molar-refractivity contribution in [1.82, 2.24) is 20.0 Å². The molecule has 4 rings (SSSR count). The number of H-pyrrole nitrogens is 1. The third-order valence-corrected chi connectivity index (χ3v) is 7.34. The molecule has 1 spiro atoms. The van der Waals surface area contributed by atoms with Gasteiger partial charge in [-0.1, -0.05) is 46.8 Å². The zero-order chi connectivity index (χ0) is 24.7. The largest absolute Gasteiger partial charge is 0.339 e. The Morgan fingerprint density at radius 1 is 1.21 bits per heavy atom. The summed E-state index contributed by atoms with van der Waals surface area (Å²) in [6, 6.07) is 8.54. The SMILES string of the molecule is CC(C)CN1C(=O)C2(CCN(C(=O)c3cc(C(C)(C)C)[nH]n3)CC2)CC1Cc1ccc(F)cc1. The van der Waals surface area contributed by atoms with Crippen LogP contribution in [0.25, 0.3) is 0 Å². The van der Waals surface area contributed by atoms with E-state index in [0.29, 0.717) is 37.5 Å². The van der Waals surface area contributed by atoms with Crippen molar-refractivity contribution in [2.45, 2.75) is 71.8 Å². The van der Waals surface area contributed by atoms with E-state index in [0.717, 1.165) is 30.6 Å². The highest BCUT2D eigenvalue weighted by molar-refractivity contribution is 5.93. The van der Waals surface area contributed by atoms with E-state index in [9.17, 15) is 14.0 Å². The van der Waals surface area contributed by atoms with Crippen molar-refractivity contribution < 1.29 is 14.0 Å². The van der Waals surface area contributed by atoms with Crippen LogP contribution < -0.4 is 0 Å². The Morgan fingerprint density at radius 3 is 2.41 bits per heavy atom. The van der Waals surface area contributed by atoms with E-state index in [1.54, 1.807) is 0 Å². The van der Waals surface area contributed by atoms with Crippen molar-refractivity contribution in [2.24, 2.45) is 11.3 Å². The molecule has 1 N–H and O–H groups in total. The molecule has 0 saturated carbocycles. The van der Waals surface area contributed by atoms with Crippen LogP contribution in [0.1, 0.15) is 75.6 Å². The molecule has 1 aromatic heterocycles. The minimum atomic E-state index is -0.418. The topological polar surface area (TPSA) is 69.3 Å². The van der Waals surface area contributed by atoms with Crippen LogP contribution in [-0.4, -0.2) is 57.5 Å². The summed E-state index contributed by atoms with van der Waals surface area (Å²) in [6.07, 6.45) is 2.85. The van der Waals surface area contributed by atoms with E-state index in [4.69, 9.17) is 0 Å². The number of carbonyl (C=O) groups excluding carboxylic acids is 2. The highest BCUT2D eigenvalue weighted by Gasteiger charge is 2.52. The predicted octanol–water partition coefficient (Wildman–Crippen LogP) is 4.57. The smallest absolute Gasteiger partial charge is 0.274 e. The number of aromatic amines is 1. The average Bonchev–Trinajstić information content (AvgIpc) is 3.36. The Bertz CT molecular complexity index is 1030. The van der Waals surface area contributed by atoms with Crippen LogP contribution in [0.3, 0.4) is 0 Å². The van der Waals surface area contributed by atoms with Crippen molar-refractivity contribution in [3.63, 3.8) is 0 Å². The van der Waals surface area contributed by atoms with Gasteiger partial charge in [-0.3, -0.25) is 14.7 Å². The van der Waals surface area contributed by atoms with Gasteiger partial charge in [0.1, 0.15) is 11.5 Å². The van der Waals surface area contributed by atoms with Crippen molar-refractivity contribution in [1.29, 1.82) is 0 Å². The number of piperidine rings is 1. The monoisotopic (exact) mass is 468 g/mol. The summed E-state index contributed by atoms with van der Waals surface area (Å²) in [5.74, 6) is 0.266. The quantitative estimate of drug-likeness (QED) is 0.699. The lowest BCUT2D eigenvalue weighted by Gasteiger charge is -2.37. The third kappa shape index (κ3) is 4.89. The molecule has 2 aliphatic rings. The lowest BCUT2D eigenvalue weighted by Crippen LogP contribution is -2.47. The van der Waals surface area contributed by atoms with Crippen LogP contribution in [0.4, 0.5) is 4.39 Å². The number of hydrogen-bond donors (Lipinski definition) is 1. The number of benzene rings is 1. The number of aromatic nitrogens is 2. The van der Waals surface area contributed by atoms with Crippen molar-refractivity contribution in [3.8, 4) is 0 Å². The summed E-state index contributed by atoms with van der Waals surface area (Å²) >= 11 is 0. The molecule has 2 aliphatic heterocycles. The molecule has 0 radical (unpaired) electrons. The summed E-state index contributed by atoms with van der Waals surface area (Å²) in [4.78, 5) is 30.6. The fourth-order valence-electron chi connectivity index (χ4n) is 5.35. The van der Waals surface area contributed by atoms with Gasteiger partial charge >= 0.3 is 0 Å². The summed E-state index contributed by atoms with van der Waals surface area (Å²) in [5, 5.41) is 7.25. The van der Waals surface area contributed by atoms with E-state index in [1.807, 2.05) is 23.1 Å². The molecule has 2 saturated heterocycles. The van der Waals surface area contributed by atoms with Gasteiger partial charge in [0.15, 0.2) is 0 Å². The highest BCUT2D eigenvalue weighted by atomic mass is 19.1. The van der Waals surface area contributed by atoms with E-state index in [-0.39, 0.29) is 29.1 Å². The van der Waals surface area contributed by atoms with Crippen molar-refractivity contribution >= 4 is 11.8 Å². The van der Waals surface area contributed by atoms with Gasteiger partial charge in [-0.05, 0) is 55.4 Å². The second-order valence-electron chi connectivity index (χ2n) is 11.5. The molecule has 1 atom stereocenters. The van der Waals surface area contributed by atoms with Crippen molar-refractivity contribution in [3.05, 3.63) is 53.1 Å². The highest BCUT2D eigenvalue weighted by Crippen LogP contribution is 2.45. The van der Waals surface area contributed by atoms with E-state index in [2.05, 4.69) is 49.7 Å². The van der Waals surface area contributed by atoms with Gasteiger partial charge in [0.05, 0.1) is 5.41 Å². The number of likely N-dealkylation sites (tertiary alicyclic amines) is 2. The molecule has 2 amide bonds. The molecule has 184 valence electrons. The number of nitrogens with one attached hydrogen (secondary N) is 1. The van der Waals surface area contributed by atoms with Crippen molar-refractivity contribution in [2.75, 3.05) is 19.6 Å². The molecular formula is C27H37FN4O2. The minimum Gasteiger partial charge on any atom is -0.339 e. The zero-order valence-electron chi connectivity index (χ0n) is 21.0. The Labute approximate surface area is 201 Å². The van der Waals surface area contributed by atoms with E-state index in [1.165, 1.54) is 12.1 Å². The van der Waals surface area contributed by atoms with E-state index >= 15 is 0 Å². The van der Waals surface area contributed by atoms with Gasteiger partial charge in [-0.2, -0.15) is 5.10 Å². The van der Waals surface area contributed by atoms with Gasteiger partial charge in [-0.15, -0.1) is 0 Å². The number of halogens is 1. The van der Waals surface area contributed by atoms with Gasteiger partial charge in [-0.25, -0.2) is 4.39 Å². The van der Waals surface area contributed by atoms with Gasteiger partial charge in [0.25, 0.3) is 5.91 Å². The molecule has 2 fully saturated rings. The summed E-state index contributed by atoms with van der Waals surface area (Å²) in [5.41, 5.74) is 1.90. The molecule has 2 aromatic rings. The number of rotatable bonds is 5. The molecular weight excluding hydrogens is 431 g/mol. The Balaban J connectivity index is 1.46. The normalized spacial score (nSPS) is 20.6. The maximum Gasteiger partial charge on any atom is 0.274 e. The summed E-state index contributed by atoms with van der Waals surface area (Å²) in [7, 11) is 0. The van der Waals surface area contributed by atoms with Gasteiger partial charge in [0, 0.05) is 36.8 Å². The first kappa shape index (κ1) is 24.4. The lowest BCUT2D eigenvalue weighted by molar-refractivity contribution is -0.139. The van der Waals surface area contributed by atoms with Crippen LogP contribution in [-0.2, 0) is 16.6 Å². The molecule has 0 aliphatic carbocycles. The average molecular weight is 469 g/mol. The first-order valence-electron chi connectivity index (χ1n) is 12.4. The zero-order valence-corrected chi connectivity index (χ0v) is 21.0. The Hall–Kier alpha value is -2.70.